The van der Waals surface area contributed by atoms with Gasteiger partial charge in [-0.1, -0.05) is 28.9 Å². The molecule has 1 aliphatic heterocycles. The van der Waals surface area contributed by atoms with Crippen LogP contribution in [-0.2, 0) is 6.61 Å². The summed E-state index contributed by atoms with van der Waals surface area (Å²) in [5, 5.41) is 10.1. The second-order valence-corrected chi connectivity index (χ2v) is 6.60. The molecule has 4 heteroatoms. The normalized spacial score (nSPS) is 20.6. The summed E-state index contributed by atoms with van der Waals surface area (Å²) in [5.41, 5.74) is 2.20. The molecule has 0 bridgehead atoms. The van der Waals surface area contributed by atoms with Gasteiger partial charge < -0.3 is 10.0 Å². The largest absolute Gasteiger partial charge is 0.392 e. The van der Waals surface area contributed by atoms with Gasteiger partial charge in [-0.05, 0) is 18.6 Å². The van der Waals surface area contributed by atoms with Crippen LogP contribution < -0.4 is 4.90 Å². The van der Waals surface area contributed by atoms with Crippen molar-refractivity contribution in [3.63, 3.8) is 0 Å². The van der Waals surface area contributed by atoms with Crippen LogP contribution in [-0.4, -0.2) is 29.2 Å². The van der Waals surface area contributed by atoms with Crippen LogP contribution in [0.4, 0.5) is 5.69 Å². The van der Waals surface area contributed by atoms with Crippen molar-refractivity contribution in [3.8, 4) is 0 Å². The summed E-state index contributed by atoms with van der Waals surface area (Å²) in [6.45, 7) is 4.52. The maximum atomic E-state index is 9.42. The average molecular weight is 316 g/mol. The van der Waals surface area contributed by atoms with Gasteiger partial charge in [-0.3, -0.25) is 0 Å². The number of anilines is 1. The standard InChI is InChI=1S/C13H18BrNOS/c1-2-12-8-15(5-6-17-12)13-7-11(14)4-3-10(13)9-16/h3-4,7,12,16H,2,5-6,8-9H2,1H3. The van der Waals surface area contributed by atoms with Crippen LogP contribution in [0.3, 0.4) is 0 Å². The molecule has 1 fully saturated rings. The molecule has 0 amide bonds. The Morgan fingerprint density at radius 3 is 3.06 bits per heavy atom. The maximum absolute atomic E-state index is 9.42. The van der Waals surface area contributed by atoms with Gasteiger partial charge in [-0.2, -0.15) is 11.8 Å². The average Bonchev–Trinajstić information content (AvgIpc) is 2.39. The lowest BCUT2D eigenvalue weighted by Gasteiger charge is -2.34. The molecule has 2 rings (SSSR count). The molecule has 1 unspecified atom stereocenters. The van der Waals surface area contributed by atoms with E-state index < -0.39 is 0 Å². The van der Waals surface area contributed by atoms with E-state index in [4.69, 9.17) is 0 Å². The van der Waals surface area contributed by atoms with E-state index in [9.17, 15) is 5.11 Å². The Labute approximate surface area is 116 Å². The number of aliphatic hydroxyl groups is 1. The Morgan fingerprint density at radius 1 is 1.53 bits per heavy atom. The number of thioether (sulfide) groups is 1. The molecule has 1 aromatic carbocycles. The SMILES string of the molecule is CCC1CN(c2cc(Br)ccc2CO)CCS1. The fourth-order valence-electron chi connectivity index (χ4n) is 2.15. The number of benzene rings is 1. The van der Waals surface area contributed by atoms with E-state index in [1.165, 1.54) is 17.9 Å². The number of aliphatic hydroxyl groups excluding tert-OH is 1. The van der Waals surface area contributed by atoms with Crippen LogP contribution in [0.15, 0.2) is 22.7 Å². The first kappa shape index (κ1) is 13.2. The summed E-state index contributed by atoms with van der Waals surface area (Å²) in [5.74, 6) is 1.18. The highest BCUT2D eigenvalue weighted by molar-refractivity contribution is 9.10. The monoisotopic (exact) mass is 315 g/mol. The molecule has 1 aromatic rings. The van der Waals surface area contributed by atoms with E-state index in [2.05, 4.69) is 45.6 Å². The molecule has 2 nitrogen and oxygen atoms in total. The van der Waals surface area contributed by atoms with Gasteiger partial charge in [0.15, 0.2) is 0 Å². The smallest absolute Gasteiger partial charge is 0.0702 e. The first-order valence-corrected chi connectivity index (χ1v) is 7.84. The van der Waals surface area contributed by atoms with E-state index in [1.54, 1.807) is 0 Å². The van der Waals surface area contributed by atoms with Crippen molar-refractivity contribution in [2.75, 3.05) is 23.7 Å². The first-order chi connectivity index (χ1) is 8.24. The zero-order chi connectivity index (χ0) is 12.3. The molecule has 1 atom stereocenters. The minimum atomic E-state index is 0.114. The lowest BCUT2D eigenvalue weighted by Crippen LogP contribution is -2.38. The highest BCUT2D eigenvalue weighted by Gasteiger charge is 2.20. The molecule has 0 radical (unpaired) electrons. The van der Waals surface area contributed by atoms with Crippen molar-refractivity contribution in [2.24, 2.45) is 0 Å². The molecule has 94 valence electrons. The third kappa shape index (κ3) is 3.18. The van der Waals surface area contributed by atoms with Crippen molar-refractivity contribution < 1.29 is 5.11 Å². The number of halogens is 1. The van der Waals surface area contributed by atoms with Gasteiger partial charge in [0.25, 0.3) is 0 Å². The van der Waals surface area contributed by atoms with Crippen molar-refractivity contribution in [1.82, 2.24) is 0 Å². The number of hydrogen-bond acceptors (Lipinski definition) is 3. The number of rotatable bonds is 3. The van der Waals surface area contributed by atoms with Crippen molar-refractivity contribution in [2.45, 2.75) is 25.2 Å². The van der Waals surface area contributed by atoms with Gasteiger partial charge in [0, 0.05) is 39.8 Å². The second kappa shape index (κ2) is 6.12. The molecule has 0 saturated carbocycles. The van der Waals surface area contributed by atoms with E-state index in [0.717, 1.165) is 23.1 Å². The van der Waals surface area contributed by atoms with Crippen molar-refractivity contribution >= 4 is 33.4 Å². The lowest BCUT2D eigenvalue weighted by molar-refractivity contribution is 0.282. The summed E-state index contributed by atoms with van der Waals surface area (Å²) >= 11 is 5.57. The van der Waals surface area contributed by atoms with Gasteiger partial charge in [-0.15, -0.1) is 0 Å². The summed E-state index contributed by atoms with van der Waals surface area (Å²) in [7, 11) is 0. The summed E-state index contributed by atoms with van der Waals surface area (Å²) in [6, 6.07) is 6.11. The third-order valence-electron chi connectivity index (χ3n) is 3.15. The maximum Gasteiger partial charge on any atom is 0.0702 e. The minimum Gasteiger partial charge on any atom is -0.392 e. The van der Waals surface area contributed by atoms with Crippen LogP contribution in [0, 0.1) is 0 Å². The van der Waals surface area contributed by atoms with Crippen molar-refractivity contribution in [3.05, 3.63) is 28.2 Å². The van der Waals surface area contributed by atoms with E-state index in [0.29, 0.717) is 5.25 Å². The predicted molar refractivity (Wildman–Crippen MR) is 78.8 cm³/mol. The highest BCUT2D eigenvalue weighted by atomic mass is 79.9. The molecule has 1 heterocycles. The minimum absolute atomic E-state index is 0.114. The molecule has 1 aliphatic rings. The summed E-state index contributed by atoms with van der Waals surface area (Å²) in [4.78, 5) is 2.40. The van der Waals surface area contributed by atoms with Gasteiger partial charge >= 0.3 is 0 Å². The lowest BCUT2D eigenvalue weighted by atomic mass is 10.1. The van der Waals surface area contributed by atoms with E-state index >= 15 is 0 Å². The van der Waals surface area contributed by atoms with Crippen LogP contribution in [0.2, 0.25) is 0 Å². The molecular weight excluding hydrogens is 298 g/mol. The van der Waals surface area contributed by atoms with Crippen molar-refractivity contribution in [1.29, 1.82) is 0 Å². The Hall–Kier alpha value is -0.190. The molecule has 0 aliphatic carbocycles. The Kier molecular flexibility index (Phi) is 4.77. The van der Waals surface area contributed by atoms with E-state index in [-0.39, 0.29) is 6.61 Å². The molecule has 1 saturated heterocycles. The van der Waals surface area contributed by atoms with Gasteiger partial charge in [0.2, 0.25) is 0 Å². The number of nitrogens with zero attached hydrogens (tertiary/aromatic N) is 1. The van der Waals surface area contributed by atoms with Crippen LogP contribution in [0.5, 0.6) is 0 Å². The molecule has 0 aromatic heterocycles. The Morgan fingerprint density at radius 2 is 2.35 bits per heavy atom. The Balaban J connectivity index is 2.22. The van der Waals surface area contributed by atoms with Crippen LogP contribution in [0.25, 0.3) is 0 Å². The topological polar surface area (TPSA) is 23.5 Å². The summed E-state index contributed by atoms with van der Waals surface area (Å²) in [6.07, 6.45) is 1.21. The van der Waals surface area contributed by atoms with Gasteiger partial charge in [0.05, 0.1) is 6.61 Å². The van der Waals surface area contributed by atoms with Gasteiger partial charge in [-0.25, -0.2) is 0 Å². The zero-order valence-electron chi connectivity index (χ0n) is 10.0. The first-order valence-electron chi connectivity index (χ1n) is 6.00. The van der Waals surface area contributed by atoms with Crippen LogP contribution >= 0.6 is 27.7 Å². The van der Waals surface area contributed by atoms with Gasteiger partial charge in [0.1, 0.15) is 0 Å². The third-order valence-corrected chi connectivity index (χ3v) is 5.02. The molecule has 17 heavy (non-hydrogen) atoms. The van der Waals surface area contributed by atoms with Crippen LogP contribution in [0.1, 0.15) is 18.9 Å². The predicted octanol–water partition coefficient (Wildman–Crippen LogP) is 3.27. The molecule has 1 N–H and O–H groups in total. The van der Waals surface area contributed by atoms with E-state index in [1.807, 2.05) is 12.1 Å². The molecule has 0 spiro atoms. The number of hydrogen-bond donors (Lipinski definition) is 1. The Bertz CT molecular complexity index is 386. The zero-order valence-corrected chi connectivity index (χ0v) is 12.4. The summed E-state index contributed by atoms with van der Waals surface area (Å²) < 4.78 is 1.08. The quantitative estimate of drug-likeness (QED) is 0.926. The highest BCUT2D eigenvalue weighted by Crippen LogP contribution is 2.30. The molecular formula is C13H18BrNOS. The fourth-order valence-corrected chi connectivity index (χ4v) is 3.68. The fraction of sp³-hybridized carbons (Fsp3) is 0.538. The second-order valence-electron chi connectivity index (χ2n) is 4.28.